The van der Waals surface area contributed by atoms with Gasteiger partial charge in [0, 0.05) is 31.0 Å². The number of hydrogen-bond acceptors (Lipinski definition) is 3. The van der Waals surface area contributed by atoms with E-state index >= 15 is 0 Å². The average molecular weight is 430 g/mol. The van der Waals surface area contributed by atoms with Crippen LogP contribution in [-0.2, 0) is 14.1 Å². The van der Waals surface area contributed by atoms with E-state index in [2.05, 4.69) is 10.1 Å². The van der Waals surface area contributed by atoms with Gasteiger partial charge in [-0.3, -0.25) is 24.0 Å². The zero-order valence-corrected chi connectivity index (χ0v) is 17.4. The lowest BCUT2D eigenvalue weighted by atomic mass is 10.2. The van der Waals surface area contributed by atoms with Crippen molar-refractivity contribution in [1.82, 2.24) is 18.9 Å². The molecule has 148 valence electrons. The van der Waals surface area contributed by atoms with Gasteiger partial charge in [-0.15, -0.1) is 0 Å². The number of aryl methyl sites for hydroxylation is 3. The maximum atomic E-state index is 12.9. The molecule has 9 heteroatoms. The summed E-state index contributed by atoms with van der Waals surface area (Å²) in [5.74, 6) is 0. The fraction of sp³-hybridized carbons (Fsp3) is 0.150. The van der Waals surface area contributed by atoms with Gasteiger partial charge in [-0.2, -0.15) is 0 Å². The molecule has 0 saturated heterocycles. The number of rotatable bonds is 3. The normalized spacial score (nSPS) is 11.8. The quantitative estimate of drug-likeness (QED) is 0.503. The number of imidazole rings is 1. The zero-order chi connectivity index (χ0) is 20.9. The number of nitrogens with zero attached hydrogens (tertiary/aromatic N) is 4. The number of nitrogens with one attached hydrogen (secondary N) is 1. The number of hydrogen-bond donors (Lipinski definition) is 1. The molecule has 7 nitrogen and oxygen atoms in total. The molecule has 0 aliphatic carbocycles. The molecule has 29 heavy (non-hydrogen) atoms. The van der Waals surface area contributed by atoms with Crippen LogP contribution in [0.15, 0.2) is 51.0 Å². The van der Waals surface area contributed by atoms with Gasteiger partial charge in [0.05, 0.1) is 33.0 Å². The Hall–Kier alpha value is -3.03. The van der Waals surface area contributed by atoms with Gasteiger partial charge in [-0.05, 0) is 43.3 Å². The summed E-state index contributed by atoms with van der Waals surface area (Å²) in [6.45, 7) is 1.78. The highest BCUT2D eigenvalue weighted by Gasteiger charge is 2.14. The Bertz CT molecular complexity index is 1400. The lowest BCUT2D eigenvalue weighted by Crippen LogP contribution is -2.19. The molecule has 2 heterocycles. The van der Waals surface area contributed by atoms with E-state index in [1.165, 1.54) is 10.9 Å². The molecule has 1 N–H and O–H groups in total. The van der Waals surface area contributed by atoms with Crippen molar-refractivity contribution in [3.05, 3.63) is 78.5 Å². The second-order valence-electron chi connectivity index (χ2n) is 6.72. The Morgan fingerprint density at radius 1 is 1.00 bits per heavy atom. The number of aromatic amines is 1. The minimum Gasteiger partial charge on any atom is -0.295 e. The van der Waals surface area contributed by atoms with Gasteiger partial charge in [0.1, 0.15) is 0 Å². The highest BCUT2D eigenvalue weighted by atomic mass is 35.5. The van der Waals surface area contributed by atoms with Crippen molar-refractivity contribution < 1.29 is 0 Å². The summed E-state index contributed by atoms with van der Waals surface area (Å²) in [5.41, 5.74) is 3.32. The molecule has 2 aromatic carbocycles. The van der Waals surface area contributed by atoms with Crippen molar-refractivity contribution in [2.45, 2.75) is 6.92 Å². The number of fused-ring (bicyclic) bond motifs is 1. The van der Waals surface area contributed by atoms with Crippen LogP contribution in [0, 0.1) is 6.92 Å². The van der Waals surface area contributed by atoms with Gasteiger partial charge in [0.25, 0.3) is 5.56 Å². The first-order valence-electron chi connectivity index (χ1n) is 8.74. The Morgan fingerprint density at radius 2 is 1.72 bits per heavy atom. The van der Waals surface area contributed by atoms with Crippen LogP contribution in [-0.4, -0.2) is 25.1 Å². The molecular formula is C20H17Cl2N5O2. The Labute approximate surface area is 175 Å². The summed E-state index contributed by atoms with van der Waals surface area (Å²) in [5, 5.41) is 3.88. The number of aliphatic imine (C=N–C) groups is 1. The van der Waals surface area contributed by atoms with Gasteiger partial charge >= 0.3 is 5.69 Å². The van der Waals surface area contributed by atoms with E-state index in [1.54, 1.807) is 54.4 Å². The molecule has 0 fully saturated rings. The molecule has 0 unspecified atom stereocenters. The summed E-state index contributed by atoms with van der Waals surface area (Å²) in [6.07, 6.45) is 1.51. The molecule has 0 amide bonds. The predicted octanol–water partition coefficient (Wildman–Crippen LogP) is 3.72. The monoisotopic (exact) mass is 429 g/mol. The average Bonchev–Trinajstić information content (AvgIpc) is 3.10. The van der Waals surface area contributed by atoms with Crippen LogP contribution < -0.4 is 11.2 Å². The molecule has 0 saturated carbocycles. The third-order valence-corrected chi connectivity index (χ3v) is 5.42. The number of halogens is 2. The van der Waals surface area contributed by atoms with Crippen molar-refractivity contribution in [3.63, 3.8) is 0 Å². The van der Waals surface area contributed by atoms with E-state index in [1.807, 2.05) is 12.1 Å². The van der Waals surface area contributed by atoms with Crippen molar-refractivity contribution in [1.29, 1.82) is 0 Å². The van der Waals surface area contributed by atoms with Gasteiger partial charge in [0.15, 0.2) is 0 Å². The molecule has 0 atom stereocenters. The summed E-state index contributed by atoms with van der Waals surface area (Å²) in [6, 6.07) is 10.3. The van der Waals surface area contributed by atoms with E-state index < -0.39 is 0 Å². The third-order valence-electron chi connectivity index (χ3n) is 4.86. The van der Waals surface area contributed by atoms with Gasteiger partial charge < -0.3 is 0 Å². The molecule has 4 rings (SSSR count). The molecule has 4 aromatic rings. The van der Waals surface area contributed by atoms with Gasteiger partial charge in [0.2, 0.25) is 0 Å². The number of aromatic nitrogens is 4. The van der Waals surface area contributed by atoms with Crippen molar-refractivity contribution >= 4 is 46.1 Å². The maximum absolute atomic E-state index is 12.9. The van der Waals surface area contributed by atoms with Crippen molar-refractivity contribution in [2.75, 3.05) is 0 Å². The van der Waals surface area contributed by atoms with E-state index in [9.17, 15) is 9.59 Å². The Balaban J connectivity index is 1.76. The zero-order valence-electron chi connectivity index (χ0n) is 15.9. The van der Waals surface area contributed by atoms with Gasteiger partial charge in [-0.1, -0.05) is 23.2 Å². The van der Waals surface area contributed by atoms with Crippen LogP contribution in [0.25, 0.3) is 16.7 Å². The second-order valence-corrected chi connectivity index (χ2v) is 7.56. The van der Waals surface area contributed by atoms with E-state index in [0.717, 1.165) is 11.0 Å². The lowest BCUT2D eigenvalue weighted by molar-refractivity contribution is 0.795. The first-order chi connectivity index (χ1) is 13.8. The van der Waals surface area contributed by atoms with Crippen LogP contribution in [0.4, 0.5) is 5.69 Å². The molecule has 0 bridgehead atoms. The topological polar surface area (TPSA) is 77.1 Å². The molecule has 0 aliphatic heterocycles. The van der Waals surface area contributed by atoms with E-state index in [0.29, 0.717) is 32.7 Å². The van der Waals surface area contributed by atoms with Crippen LogP contribution in [0.5, 0.6) is 0 Å². The lowest BCUT2D eigenvalue weighted by Gasteiger charge is -2.04. The van der Waals surface area contributed by atoms with E-state index in [-0.39, 0.29) is 11.2 Å². The number of benzene rings is 2. The van der Waals surface area contributed by atoms with Crippen LogP contribution in [0.1, 0.15) is 11.3 Å². The Morgan fingerprint density at radius 3 is 2.48 bits per heavy atom. The van der Waals surface area contributed by atoms with Crippen molar-refractivity contribution in [3.8, 4) is 5.69 Å². The first-order valence-corrected chi connectivity index (χ1v) is 9.50. The number of H-pyrrole nitrogens is 1. The fourth-order valence-electron chi connectivity index (χ4n) is 3.25. The van der Waals surface area contributed by atoms with Crippen LogP contribution in [0.2, 0.25) is 10.0 Å². The van der Waals surface area contributed by atoms with Crippen LogP contribution >= 0.6 is 23.2 Å². The molecule has 0 aliphatic rings. The van der Waals surface area contributed by atoms with E-state index in [4.69, 9.17) is 23.2 Å². The smallest absolute Gasteiger partial charge is 0.295 e. The second kappa shape index (κ2) is 7.09. The minimum absolute atomic E-state index is 0.108. The van der Waals surface area contributed by atoms with Crippen molar-refractivity contribution in [2.24, 2.45) is 19.1 Å². The first kappa shape index (κ1) is 19.3. The fourth-order valence-corrected chi connectivity index (χ4v) is 3.62. The maximum Gasteiger partial charge on any atom is 0.328 e. The highest BCUT2D eigenvalue weighted by molar-refractivity contribution is 6.34. The molecule has 0 spiro atoms. The van der Waals surface area contributed by atoms with Gasteiger partial charge in [-0.25, -0.2) is 9.48 Å². The highest BCUT2D eigenvalue weighted by Crippen LogP contribution is 2.23. The molecule has 0 radical (unpaired) electrons. The SMILES string of the molecule is Cc1[nH]n(-c2cc(Cl)ccc2Cl)c(=O)c1C=Nc1ccc2c(c1)n(C)c(=O)n2C. The standard InChI is InChI=1S/C20H17Cl2N5O2/c1-11-14(19(28)27(24-11)17-8-12(21)4-6-15(17)22)10-23-13-5-7-16-18(9-13)26(3)20(29)25(16)2/h4-10,24H,1-3H3. The largest absolute Gasteiger partial charge is 0.328 e. The third kappa shape index (κ3) is 3.22. The summed E-state index contributed by atoms with van der Waals surface area (Å²) in [4.78, 5) is 29.4. The summed E-state index contributed by atoms with van der Waals surface area (Å²) >= 11 is 12.3. The molecular weight excluding hydrogens is 413 g/mol. The predicted molar refractivity (Wildman–Crippen MR) is 117 cm³/mol. The Kier molecular flexibility index (Phi) is 4.72. The summed E-state index contributed by atoms with van der Waals surface area (Å²) < 4.78 is 4.48. The summed E-state index contributed by atoms with van der Waals surface area (Å²) in [7, 11) is 3.43. The minimum atomic E-state index is -0.288. The molecule has 2 aromatic heterocycles. The van der Waals surface area contributed by atoms with Crippen LogP contribution in [0.3, 0.4) is 0 Å².